The second-order valence-electron chi connectivity index (χ2n) is 2.39. The lowest BCUT2D eigenvalue weighted by Gasteiger charge is -1.93. The molecule has 0 bridgehead atoms. The van der Waals surface area contributed by atoms with Crippen LogP contribution < -0.4 is 5.73 Å². The van der Waals surface area contributed by atoms with E-state index in [2.05, 4.69) is 15.6 Å². The van der Waals surface area contributed by atoms with Crippen LogP contribution in [0.4, 0.5) is 5.82 Å². The molecule has 0 unspecified atom stereocenters. The summed E-state index contributed by atoms with van der Waals surface area (Å²) in [5, 5.41) is 10.6. The van der Waals surface area contributed by atoms with Gasteiger partial charge in [-0.25, -0.2) is 0 Å². The predicted octanol–water partition coefficient (Wildman–Crippen LogP) is 1.58. The molecule has 11 heavy (non-hydrogen) atoms. The molecule has 56 valence electrons. The quantitative estimate of drug-likeness (QED) is 0.644. The summed E-state index contributed by atoms with van der Waals surface area (Å²) in [6, 6.07) is 0. The maximum absolute atomic E-state index is 5.63. The van der Waals surface area contributed by atoms with Crippen molar-refractivity contribution in [3.8, 4) is 0 Å². The number of aromatic nitrogens is 2. The van der Waals surface area contributed by atoms with Crippen molar-refractivity contribution in [3.63, 3.8) is 0 Å². The number of hydrogen-bond donors (Lipinski definition) is 1. The number of nitrogen functional groups attached to an aromatic ring is 1. The van der Waals surface area contributed by atoms with Crippen molar-refractivity contribution in [2.45, 2.75) is 6.92 Å². The van der Waals surface area contributed by atoms with E-state index in [0.717, 1.165) is 10.1 Å². The fraction of sp³-hybridized carbons (Fsp3) is 0.143. The van der Waals surface area contributed by atoms with Crippen molar-refractivity contribution in [2.75, 3.05) is 5.73 Å². The van der Waals surface area contributed by atoms with E-state index in [1.54, 1.807) is 17.5 Å². The smallest absolute Gasteiger partial charge is 0.155 e. The van der Waals surface area contributed by atoms with E-state index in [0.29, 0.717) is 5.82 Å². The van der Waals surface area contributed by atoms with Crippen molar-refractivity contribution in [3.05, 3.63) is 17.1 Å². The Bertz CT molecular complexity index is 393. The Morgan fingerprint density at radius 1 is 1.55 bits per heavy atom. The molecule has 0 aliphatic rings. The molecule has 0 saturated carbocycles. The van der Waals surface area contributed by atoms with Crippen molar-refractivity contribution >= 4 is 27.2 Å². The van der Waals surface area contributed by atoms with Gasteiger partial charge in [0.05, 0.1) is 10.9 Å². The van der Waals surface area contributed by atoms with Crippen LogP contribution in [0.2, 0.25) is 0 Å². The fourth-order valence-corrected chi connectivity index (χ4v) is 1.99. The average molecular weight is 165 g/mol. The molecule has 3 nitrogen and oxygen atoms in total. The van der Waals surface area contributed by atoms with E-state index in [9.17, 15) is 0 Å². The molecule has 0 aromatic carbocycles. The van der Waals surface area contributed by atoms with E-state index in [1.807, 2.05) is 6.92 Å². The Labute approximate surface area is 67.9 Å². The molecule has 0 fully saturated rings. The monoisotopic (exact) mass is 165 g/mol. The fourth-order valence-electron chi connectivity index (χ4n) is 1.08. The number of fused-ring (bicyclic) bond motifs is 1. The van der Waals surface area contributed by atoms with Crippen LogP contribution in [-0.4, -0.2) is 10.2 Å². The molecule has 0 atom stereocenters. The summed E-state index contributed by atoms with van der Waals surface area (Å²) in [7, 11) is 0. The highest BCUT2D eigenvalue weighted by Gasteiger charge is 2.03. The molecule has 2 N–H and O–H groups in total. The zero-order valence-electron chi connectivity index (χ0n) is 6.03. The molecular formula is C7H7N3S. The van der Waals surface area contributed by atoms with Crippen LogP contribution >= 0.6 is 11.3 Å². The number of hydrogen-bond acceptors (Lipinski definition) is 4. The first kappa shape index (κ1) is 6.54. The molecule has 0 radical (unpaired) electrons. The summed E-state index contributed by atoms with van der Waals surface area (Å²) >= 11 is 1.65. The Kier molecular flexibility index (Phi) is 1.29. The lowest BCUT2D eigenvalue weighted by Crippen LogP contribution is -1.92. The molecule has 0 aliphatic heterocycles. The lowest BCUT2D eigenvalue weighted by atomic mass is 10.2. The first-order chi connectivity index (χ1) is 5.29. The third-order valence-corrected chi connectivity index (χ3v) is 2.63. The largest absolute Gasteiger partial charge is 0.382 e. The highest BCUT2D eigenvalue weighted by atomic mass is 32.1. The number of nitrogens with zero attached hydrogens (tertiary/aromatic N) is 2. The van der Waals surface area contributed by atoms with E-state index in [1.165, 1.54) is 5.56 Å². The summed E-state index contributed by atoms with van der Waals surface area (Å²) in [5.41, 5.74) is 6.81. The van der Waals surface area contributed by atoms with Crippen LogP contribution in [0.1, 0.15) is 5.56 Å². The van der Waals surface area contributed by atoms with Crippen molar-refractivity contribution in [1.29, 1.82) is 0 Å². The normalized spacial score (nSPS) is 10.6. The Morgan fingerprint density at radius 2 is 2.36 bits per heavy atom. The topological polar surface area (TPSA) is 51.8 Å². The van der Waals surface area contributed by atoms with Crippen LogP contribution in [0.25, 0.3) is 10.1 Å². The van der Waals surface area contributed by atoms with Crippen LogP contribution in [0, 0.1) is 6.92 Å². The zero-order valence-corrected chi connectivity index (χ0v) is 6.85. The van der Waals surface area contributed by atoms with Gasteiger partial charge in [-0.15, -0.1) is 16.4 Å². The first-order valence-corrected chi connectivity index (χ1v) is 4.12. The van der Waals surface area contributed by atoms with Gasteiger partial charge in [-0.05, 0) is 17.9 Å². The molecule has 0 spiro atoms. The number of anilines is 1. The number of nitrogens with two attached hydrogens (primary N) is 1. The molecule has 0 saturated heterocycles. The molecular weight excluding hydrogens is 158 g/mol. The Hall–Kier alpha value is -1.16. The summed E-state index contributed by atoms with van der Waals surface area (Å²) in [6.07, 6.45) is 1.74. The van der Waals surface area contributed by atoms with Gasteiger partial charge in [0.25, 0.3) is 0 Å². The maximum Gasteiger partial charge on any atom is 0.155 e. The highest BCUT2D eigenvalue weighted by molar-refractivity contribution is 7.17. The van der Waals surface area contributed by atoms with Gasteiger partial charge in [0.2, 0.25) is 0 Å². The molecule has 4 heteroatoms. The molecule has 2 aromatic rings. The second-order valence-corrected chi connectivity index (χ2v) is 3.30. The van der Waals surface area contributed by atoms with E-state index in [-0.39, 0.29) is 0 Å². The van der Waals surface area contributed by atoms with E-state index < -0.39 is 0 Å². The minimum absolute atomic E-state index is 0.529. The third-order valence-electron chi connectivity index (χ3n) is 1.60. The summed E-state index contributed by atoms with van der Waals surface area (Å²) in [4.78, 5) is 0. The van der Waals surface area contributed by atoms with Gasteiger partial charge in [0.15, 0.2) is 5.82 Å². The van der Waals surface area contributed by atoms with Crippen molar-refractivity contribution in [2.24, 2.45) is 0 Å². The first-order valence-electron chi connectivity index (χ1n) is 3.24. The minimum atomic E-state index is 0.529. The van der Waals surface area contributed by atoms with Crippen LogP contribution in [0.3, 0.4) is 0 Å². The Morgan fingerprint density at radius 3 is 3.09 bits per heavy atom. The van der Waals surface area contributed by atoms with Gasteiger partial charge in [-0.3, -0.25) is 0 Å². The van der Waals surface area contributed by atoms with Crippen LogP contribution in [0.5, 0.6) is 0 Å². The molecule has 2 heterocycles. The van der Waals surface area contributed by atoms with E-state index in [4.69, 9.17) is 5.73 Å². The zero-order chi connectivity index (χ0) is 7.84. The van der Waals surface area contributed by atoms with E-state index >= 15 is 0 Å². The van der Waals surface area contributed by atoms with Gasteiger partial charge in [0, 0.05) is 5.39 Å². The summed E-state index contributed by atoms with van der Waals surface area (Å²) in [6.45, 7) is 2.02. The molecule has 0 amide bonds. The van der Waals surface area contributed by atoms with Gasteiger partial charge in [-0.1, -0.05) is 0 Å². The van der Waals surface area contributed by atoms with Crippen LogP contribution in [-0.2, 0) is 0 Å². The van der Waals surface area contributed by atoms with Crippen LogP contribution in [0.15, 0.2) is 11.6 Å². The molecule has 0 aliphatic carbocycles. The van der Waals surface area contributed by atoms with Gasteiger partial charge in [-0.2, -0.15) is 5.10 Å². The number of rotatable bonds is 0. The Balaban J connectivity index is 2.96. The minimum Gasteiger partial charge on any atom is -0.382 e. The van der Waals surface area contributed by atoms with Crippen molar-refractivity contribution in [1.82, 2.24) is 10.2 Å². The second kappa shape index (κ2) is 2.17. The lowest BCUT2D eigenvalue weighted by molar-refractivity contribution is 1.06. The third kappa shape index (κ3) is 0.867. The average Bonchev–Trinajstić information content (AvgIpc) is 2.34. The van der Waals surface area contributed by atoms with Gasteiger partial charge >= 0.3 is 0 Å². The highest BCUT2D eigenvalue weighted by Crippen LogP contribution is 2.27. The molecule has 2 rings (SSSR count). The maximum atomic E-state index is 5.63. The number of thiophene rings is 1. The van der Waals surface area contributed by atoms with Crippen molar-refractivity contribution < 1.29 is 0 Å². The van der Waals surface area contributed by atoms with Gasteiger partial charge < -0.3 is 5.73 Å². The summed E-state index contributed by atoms with van der Waals surface area (Å²) in [5.74, 6) is 0.529. The standard InChI is InChI=1S/C7H7N3S/c1-4-3-11-5-2-9-10-7(8)6(4)5/h2-3H,1H3,(H2,8,10). The van der Waals surface area contributed by atoms with Gasteiger partial charge in [0.1, 0.15) is 0 Å². The number of aryl methyl sites for hydroxylation is 1. The molecule has 2 aromatic heterocycles. The predicted molar refractivity (Wildman–Crippen MR) is 46.6 cm³/mol. The SMILES string of the molecule is Cc1csc2cnnc(N)c12. The summed E-state index contributed by atoms with van der Waals surface area (Å²) < 4.78 is 1.11.